The Kier molecular flexibility index (Phi) is 6.11. The Labute approximate surface area is 155 Å². The fourth-order valence-electron chi connectivity index (χ4n) is 2.14. The zero-order valence-corrected chi connectivity index (χ0v) is 16.0. The average molecular weight is 377 g/mol. The van der Waals surface area contributed by atoms with Gasteiger partial charge in [-0.05, 0) is 36.8 Å². The molecular weight excluding hydrogens is 358 g/mol. The highest BCUT2D eigenvalue weighted by atomic mass is 32.1. The van der Waals surface area contributed by atoms with E-state index in [1.165, 1.54) is 23.3 Å². The number of hydrogen-bond acceptors (Lipinski definition) is 5. The second-order valence-corrected chi connectivity index (χ2v) is 6.83. The van der Waals surface area contributed by atoms with E-state index in [9.17, 15) is 9.59 Å². The quantitative estimate of drug-likeness (QED) is 0.629. The van der Waals surface area contributed by atoms with E-state index in [1.54, 1.807) is 21.0 Å². The number of carbonyl (C=O) groups is 2. The van der Waals surface area contributed by atoms with Gasteiger partial charge in [0.15, 0.2) is 5.11 Å². The Hall–Kier alpha value is -2.45. The van der Waals surface area contributed by atoms with Gasteiger partial charge in [0.2, 0.25) is 0 Å². The van der Waals surface area contributed by atoms with Crippen LogP contribution in [0.4, 0.5) is 10.7 Å². The highest BCUT2D eigenvalue weighted by Crippen LogP contribution is 2.34. The molecule has 0 saturated carbocycles. The monoisotopic (exact) mass is 377 g/mol. The maximum Gasteiger partial charge on any atom is 0.341 e. The van der Waals surface area contributed by atoms with Gasteiger partial charge in [0.05, 0.1) is 17.6 Å². The molecule has 132 valence electrons. The molecular formula is C17H19N3O3S2. The second-order valence-electron chi connectivity index (χ2n) is 5.40. The first-order chi connectivity index (χ1) is 11.8. The van der Waals surface area contributed by atoms with Gasteiger partial charge in [-0.15, -0.1) is 11.3 Å². The normalized spacial score (nSPS) is 10.1. The number of carbonyl (C=O) groups excluding carboxylic acids is 2. The number of nitrogens with zero attached hydrogens (tertiary/aromatic N) is 1. The predicted octanol–water partition coefficient (Wildman–Crippen LogP) is 3.35. The van der Waals surface area contributed by atoms with E-state index in [-0.39, 0.29) is 5.91 Å². The van der Waals surface area contributed by atoms with Crippen molar-refractivity contribution in [3.05, 3.63) is 46.3 Å². The molecule has 2 N–H and O–H groups in total. The largest absolute Gasteiger partial charge is 0.465 e. The van der Waals surface area contributed by atoms with Gasteiger partial charge < -0.3 is 20.3 Å². The molecule has 0 fully saturated rings. The number of thiocarbonyl (C=S) groups is 1. The number of rotatable bonds is 4. The summed E-state index contributed by atoms with van der Waals surface area (Å²) in [4.78, 5) is 26.4. The van der Waals surface area contributed by atoms with Crippen LogP contribution in [0.1, 0.15) is 25.6 Å². The van der Waals surface area contributed by atoms with Gasteiger partial charge >= 0.3 is 5.97 Å². The Balaban J connectivity index is 2.32. The topological polar surface area (TPSA) is 70.7 Å². The first kappa shape index (κ1) is 18.9. The van der Waals surface area contributed by atoms with Gasteiger partial charge in [-0.25, -0.2) is 4.79 Å². The van der Waals surface area contributed by atoms with Gasteiger partial charge in [0.1, 0.15) is 5.00 Å². The molecule has 1 aromatic carbocycles. The molecule has 2 rings (SSSR count). The van der Waals surface area contributed by atoms with Crippen LogP contribution in [0.15, 0.2) is 30.3 Å². The molecule has 6 nitrogen and oxygen atoms in total. The number of anilines is 2. The molecule has 0 aliphatic rings. The maximum absolute atomic E-state index is 12.3. The van der Waals surface area contributed by atoms with E-state index in [2.05, 4.69) is 10.6 Å². The molecule has 1 amide bonds. The Morgan fingerprint density at radius 3 is 2.36 bits per heavy atom. The van der Waals surface area contributed by atoms with Crippen LogP contribution in [-0.4, -0.2) is 43.1 Å². The van der Waals surface area contributed by atoms with Crippen LogP contribution in [0.25, 0.3) is 0 Å². The fourth-order valence-corrected chi connectivity index (χ4v) is 3.65. The lowest BCUT2D eigenvalue weighted by Crippen LogP contribution is -2.21. The number of hydrogen-bond donors (Lipinski definition) is 2. The number of thiophene rings is 1. The first-order valence-corrected chi connectivity index (χ1v) is 8.64. The minimum atomic E-state index is -0.517. The lowest BCUT2D eigenvalue weighted by Gasteiger charge is -2.10. The van der Waals surface area contributed by atoms with Crippen molar-refractivity contribution in [1.82, 2.24) is 4.90 Å². The molecule has 0 atom stereocenters. The molecule has 0 aliphatic heterocycles. The predicted molar refractivity (Wildman–Crippen MR) is 105 cm³/mol. The summed E-state index contributed by atoms with van der Waals surface area (Å²) in [6, 6.07) is 9.41. The number of nitrogens with one attached hydrogen (secondary N) is 2. The third-order valence-electron chi connectivity index (χ3n) is 3.40. The summed E-state index contributed by atoms with van der Waals surface area (Å²) in [5.41, 5.74) is 1.70. The molecule has 0 radical (unpaired) electrons. The summed E-state index contributed by atoms with van der Waals surface area (Å²) in [5, 5.41) is 6.83. The molecule has 0 bridgehead atoms. The minimum absolute atomic E-state index is 0.178. The van der Waals surface area contributed by atoms with Gasteiger partial charge in [-0.3, -0.25) is 4.79 Å². The van der Waals surface area contributed by atoms with E-state index in [0.717, 1.165) is 5.69 Å². The third kappa shape index (κ3) is 4.34. The number of para-hydroxylation sites is 1. The molecule has 1 heterocycles. The van der Waals surface area contributed by atoms with Gasteiger partial charge in [-0.2, -0.15) is 0 Å². The van der Waals surface area contributed by atoms with Crippen molar-refractivity contribution in [1.29, 1.82) is 0 Å². The smallest absolute Gasteiger partial charge is 0.341 e. The molecule has 0 saturated heterocycles. The lowest BCUT2D eigenvalue weighted by atomic mass is 10.1. The van der Waals surface area contributed by atoms with Crippen molar-refractivity contribution in [2.75, 3.05) is 31.8 Å². The van der Waals surface area contributed by atoms with Crippen LogP contribution < -0.4 is 10.6 Å². The SMILES string of the molecule is COC(=O)c1c(NC(=S)Nc2ccccc2)sc(C(=O)N(C)C)c1C. The van der Waals surface area contributed by atoms with Crippen molar-refractivity contribution >= 4 is 51.2 Å². The Morgan fingerprint density at radius 1 is 1.16 bits per heavy atom. The van der Waals surface area contributed by atoms with Crippen molar-refractivity contribution in [2.24, 2.45) is 0 Å². The number of esters is 1. The Bertz CT molecular complexity index is 801. The van der Waals surface area contributed by atoms with Gasteiger partial charge in [-0.1, -0.05) is 18.2 Å². The summed E-state index contributed by atoms with van der Waals surface area (Å²) >= 11 is 6.48. The van der Waals surface area contributed by atoms with Crippen LogP contribution in [-0.2, 0) is 4.74 Å². The van der Waals surface area contributed by atoms with Crippen molar-refractivity contribution in [2.45, 2.75) is 6.92 Å². The summed E-state index contributed by atoms with van der Waals surface area (Å²) in [5.74, 6) is -0.695. The molecule has 2 aromatic rings. The fraction of sp³-hybridized carbons (Fsp3) is 0.235. The van der Waals surface area contributed by atoms with Gasteiger partial charge in [0, 0.05) is 19.8 Å². The summed E-state index contributed by atoms with van der Waals surface area (Å²) in [7, 11) is 4.62. The second kappa shape index (κ2) is 8.09. The Morgan fingerprint density at radius 2 is 1.80 bits per heavy atom. The average Bonchev–Trinajstić information content (AvgIpc) is 2.90. The summed E-state index contributed by atoms with van der Waals surface area (Å²) in [6.45, 7) is 1.72. The first-order valence-electron chi connectivity index (χ1n) is 7.41. The highest BCUT2D eigenvalue weighted by molar-refractivity contribution is 7.80. The molecule has 0 spiro atoms. The van der Waals surface area contributed by atoms with Gasteiger partial charge in [0.25, 0.3) is 5.91 Å². The number of benzene rings is 1. The number of ether oxygens (including phenoxy) is 1. The molecule has 25 heavy (non-hydrogen) atoms. The maximum atomic E-state index is 12.3. The zero-order chi connectivity index (χ0) is 18.6. The standard InChI is InChI=1S/C17H19N3O3S2/c1-10-12(16(22)23-4)14(25-13(10)15(21)20(2)3)19-17(24)18-11-8-6-5-7-9-11/h5-9H,1-4H3,(H2,18,19,24). The summed E-state index contributed by atoms with van der Waals surface area (Å²) < 4.78 is 4.85. The third-order valence-corrected chi connectivity index (χ3v) is 4.79. The number of amides is 1. The van der Waals surface area contributed by atoms with Crippen LogP contribution >= 0.6 is 23.6 Å². The van der Waals surface area contributed by atoms with Crippen LogP contribution in [0.2, 0.25) is 0 Å². The van der Waals surface area contributed by atoms with Crippen LogP contribution in [0.5, 0.6) is 0 Å². The molecule has 8 heteroatoms. The molecule has 1 aromatic heterocycles. The number of methoxy groups -OCH3 is 1. The van der Waals surface area contributed by atoms with E-state index < -0.39 is 5.97 Å². The van der Waals surface area contributed by atoms with Crippen molar-refractivity contribution in [3.63, 3.8) is 0 Å². The van der Waals surface area contributed by atoms with E-state index >= 15 is 0 Å². The van der Waals surface area contributed by atoms with Crippen molar-refractivity contribution < 1.29 is 14.3 Å². The summed E-state index contributed by atoms with van der Waals surface area (Å²) in [6.07, 6.45) is 0. The van der Waals surface area contributed by atoms with Crippen LogP contribution in [0.3, 0.4) is 0 Å². The zero-order valence-electron chi connectivity index (χ0n) is 14.4. The van der Waals surface area contributed by atoms with E-state index in [4.69, 9.17) is 17.0 Å². The van der Waals surface area contributed by atoms with Crippen LogP contribution in [0, 0.1) is 6.92 Å². The lowest BCUT2D eigenvalue weighted by molar-refractivity contribution is 0.0601. The van der Waals surface area contributed by atoms with E-state index in [0.29, 0.717) is 26.1 Å². The molecule has 0 aliphatic carbocycles. The van der Waals surface area contributed by atoms with Crippen molar-refractivity contribution in [3.8, 4) is 0 Å². The molecule has 0 unspecified atom stereocenters. The highest BCUT2D eigenvalue weighted by Gasteiger charge is 2.26. The minimum Gasteiger partial charge on any atom is -0.465 e. The van der Waals surface area contributed by atoms with E-state index in [1.807, 2.05) is 30.3 Å².